The molecule has 1 atom stereocenters. The zero-order chi connectivity index (χ0) is 10.6. The molecule has 0 amide bonds. The van der Waals surface area contributed by atoms with Gasteiger partial charge in [0.25, 0.3) is 0 Å². The largest absolute Gasteiger partial charge is 0.299 e. The number of carbonyl (C=O) groups is 2. The van der Waals surface area contributed by atoms with Crippen LogP contribution in [-0.4, -0.2) is 11.6 Å². The van der Waals surface area contributed by atoms with Crippen molar-refractivity contribution in [3.63, 3.8) is 0 Å². The molecule has 0 saturated heterocycles. The molecular weight excluding hydrogens is 164 g/mol. The molecule has 0 bridgehead atoms. The van der Waals surface area contributed by atoms with Crippen LogP contribution < -0.4 is 0 Å². The Morgan fingerprint density at radius 3 is 1.77 bits per heavy atom. The van der Waals surface area contributed by atoms with Crippen LogP contribution in [0.4, 0.5) is 0 Å². The minimum Gasteiger partial charge on any atom is -0.299 e. The number of Topliss-reactive ketones (excluding diaryl/α,β-unsaturated/α-hetero) is 2. The van der Waals surface area contributed by atoms with Gasteiger partial charge in [0.05, 0.1) is 5.92 Å². The van der Waals surface area contributed by atoms with E-state index in [1.54, 1.807) is 0 Å². The van der Waals surface area contributed by atoms with E-state index in [1.165, 1.54) is 6.92 Å². The lowest BCUT2D eigenvalue weighted by molar-refractivity contribution is -0.133. The number of ketones is 2. The quantitative estimate of drug-likeness (QED) is 0.615. The highest BCUT2D eigenvalue weighted by atomic mass is 16.1. The van der Waals surface area contributed by atoms with Gasteiger partial charge in [-0.15, -0.1) is 0 Å². The maximum absolute atomic E-state index is 11.6. The van der Waals surface area contributed by atoms with Gasteiger partial charge in [-0.3, -0.25) is 9.59 Å². The van der Waals surface area contributed by atoms with Crippen LogP contribution in [0.5, 0.6) is 0 Å². The van der Waals surface area contributed by atoms with Crippen molar-refractivity contribution in [1.82, 2.24) is 0 Å². The van der Waals surface area contributed by atoms with Gasteiger partial charge in [0.1, 0.15) is 11.6 Å². The maximum atomic E-state index is 11.6. The molecule has 2 nitrogen and oxygen atoms in total. The van der Waals surface area contributed by atoms with Crippen molar-refractivity contribution in [3.8, 4) is 0 Å². The van der Waals surface area contributed by atoms with Gasteiger partial charge in [-0.2, -0.15) is 0 Å². The summed E-state index contributed by atoms with van der Waals surface area (Å²) in [6.07, 6.45) is 0.516. The predicted octanol–water partition coefficient (Wildman–Crippen LogP) is 2.46. The second-order valence-electron chi connectivity index (χ2n) is 4.40. The molecule has 76 valence electrons. The Hall–Kier alpha value is -0.660. The third kappa shape index (κ3) is 4.20. The lowest BCUT2D eigenvalue weighted by atomic mass is 9.85. The molecule has 0 aliphatic rings. The van der Waals surface area contributed by atoms with Crippen LogP contribution in [0.15, 0.2) is 0 Å². The van der Waals surface area contributed by atoms with Crippen molar-refractivity contribution in [2.75, 3.05) is 0 Å². The highest BCUT2D eigenvalue weighted by Gasteiger charge is 2.26. The standard InChI is InChI=1S/C11H20O2/c1-7(2)6-10(13)11(8(3)4)9(5)12/h7-8,11H,6H2,1-5H3. The fourth-order valence-corrected chi connectivity index (χ4v) is 1.60. The smallest absolute Gasteiger partial charge is 0.143 e. The molecule has 0 rings (SSSR count). The molecule has 0 aliphatic carbocycles. The summed E-state index contributed by atoms with van der Waals surface area (Å²) >= 11 is 0. The van der Waals surface area contributed by atoms with Crippen LogP contribution in [-0.2, 0) is 9.59 Å². The zero-order valence-corrected chi connectivity index (χ0v) is 9.26. The van der Waals surface area contributed by atoms with E-state index < -0.39 is 0 Å². The van der Waals surface area contributed by atoms with Crippen molar-refractivity contribution in [2.45, 2.75) is 41.0 Å². The SMILES string of the molecule is CC(=O)C(C(=O)CC(C)C)C(C)C. The van der Waals surface area contributed by atoms with Crippen molar-refractivity contribution >= 4 is 11.6 Å². The zero-order valence-electron chi connectivity index (χ0n) is 9.26. The monoisotopic (exact) mass is 184 g/mol. The van der Waals surface area contributed by atoms with Crippen LogP contribution in [0.1, 0.15) is 41.0 Å². The second-order valence-corrected chi connectivity index (χ2v) is 4.40. The Kier molecular flexibility index (Phi) is 4.89. The Bertz CT molecular complexity index is 192. The molecule has 2 heteroatoms. The number of hydrogen-bond donors (Lipinski definition) is 0. The fraction of sp³-hybridized carbons (Fsp3) is 0.818. The molecule has 0 aromatic rings. The molecule has 0 radical (unpaired) electrons. The Morgan fingerprint density at radius 2 is 1.54 bits per heavy atom. The molecule has 0 saturated carbocycles. The van der Waals surface area contributed by atoms with Crippen LogP contribution in [0, 0.1) is 17.8 Å². The molecule has 1 unspecified atom stereocenters. The molecule has 0 N–H and O–H groups in total. The van der Waals surface area contributed by atoms with Crippen molar-refractivity contribution in [1.29, 1.82) is 0 Å². The first kappa shape index (κ1) is 12.3. The van der Waals surface area contributed by atoms with E-state index in [2.05, 4.69) is 0 Å². The molecule has 0 aromatic heterocycles. The summed E-state index contributed by atoms with van der Waals surface area (Å²) in [5.41, 5.74) is 0. The van der Waals surface area contributed by atoms with E-state index in [-0.39, 0.29) is 23.4 Å². The summed E-state index contributed by atoms with van der Waals surface area (Å²) in [5, 5.41) is 0. The van der Waals surface area contributed by atoms with Gasteiger partial charge < -0.3 is 0 Å². The van der Waals surface area contributed by atoms with Gasteiger partial charge in [0.15, 0.2) is 0 Å². The van der Waals surface area contributed by atoms with Crippen molar-refractivity contribution in [3.05, 3.63) is 0 Å². The van der Waals surface area contributed by atoms with Gasteiger partial charge in [-0.05, 0) is 18.8 Å². The van der Waals surface area contributed by atoms with Gasteiger partial charge >= 0.3 is 0 Å². The lowest BCUT2D eigenvalue weighted by Gasteiger charge is -2.17. The van der Waals surface area contributed by atoms with Gasteiger partial charge in [-0.25, -0.2) is 0 Å². The first-order chi connectivity index (χ1) is 5.86. The first-order valence-corrected chi connectivity index (χ1v) is 4.89. The minimum atomic E-state index is -0.387. The summed E-state index contributed by atoms with van der Waals surface area (Å²) in [7, 11) is 0. The first-order valence-electron chi connectivity index (χ1n) is 4.89. The Labute approximate surface area is 80.7 Å². The molecule has 0 fully saturated rings. The van der Waals surface area contributed by atoms with E-state index in [0.717, 1.165) is 0 Å². The summed E-state index contributed by atoms with van der Waals surface area (Å²) in [6.45, 7) is 9.34. The normalized spacial score (nSPS) is 13.5. The Morgan fingerprint density at radius 1 is 1.08 bits per heavy atom. The average Bonchev–Trinajstić information content (AvgIpc) is 1.81. The lowest BCUT2D eigenvalue weighted by Crippen LogP contribution is -2.27. The van der Waals surface area contributed by atoms with Crippen molar-refractivity contribution < 1.29 is 9.59 Å². The highest BCUT2D eigenvalue weighted by Crippen LogP contribution is 2.17. The summed E-state index contributed by atoms with van der Waals surface area (Å²) < 4.78 is 0. The van der Waals surface area contributed by atoms with E-state index in [1.807, 2.05) is 27.7 Å². The van der Waals surface area contributed by atoms with Crippen LogP contribution >= 0.6 is 0 Å². The van der Waals surface area contributed by atoms with E-state index >= 15 is 0 Å². The molecule has 0 spiro atoms. The number of hydrogen-bond acceptors (Lipinski definition) is 2. The second kappa shape index (κ2) is 5.15. The molecule has 0 heterocycles. The number of carbonyl (C=O) groups excluding carboxylic acids is 2. The Balaban J connectivity index is 4.38. The summed E-state index contributed by atoms with van der Waals surface area (Å²) in [5.74, 6) is 0.178. The molecule has 13 heavy (non-hydrogen) atoms. The van der Waals surface area contributed by atoms with Gasteiger partial charge in [-0.1, -0.05) is 27.7 Å². The highest BCUT2D eigenvalue weighted by molar-refractivity contribution is 6.01. The van der Waals surface area contributed by atoms with Gasteiger partial charge in [0, 0.05) is 6.42 Å². The third-order valence-electron chi connectivity index (χ3n) is 2.06. The minimum absolute atomic E-state index is 0.000602. The van der Waals surface area contributed by atoms with Crippen LogP contribution in [0.3, 0.4) is 0 Å². The number of rotatable bonds is 5. The van der Waals surface area contributed by atoms with Crippen LogP contribution in [0.25, 0.3) is 0 Å². The van der Waals surface area contributed by atoms with Crippen molar-refractivity contribution in [2.24, 2.45) is 17.8 Å². The summed E-state index contributed by atoms with van der Waals surface area (Å²) in [6, 6.07) is 0. The average molecular weight is 184 g/mol. The van der Waals surface area contributed by atoms with Gasteiger partial charge in [0.2, 0.25) is 0 Å². The van der Waals surface area contributed by atoms with E-state index in [0.29, 0.717) is 12.3 Å². The third-order valence-corrected chi connectivity index (χ3v) is 2.06. The van der Waals surface area contributed by atoms with Crippen LogP contribution in [0.2, 0.25) is 0 Å². The predicted molar refractivity (Wildman–Crippen MR) is 53.5 cm³/mol. The topological polar surface area (TPSA) is 34.1 Å². The van der Waals surface area contributed by atoms with E-state index in [4.69, 9.17) is 0 Å². The van der Waals surface area contributed by atoms with E-state index in [9.17, 15) is 9.59 Å². The summed E-state index contributed by atoms with van der Waals surface area (Å²) in [4.78, 5) is 22.8. The molecule has 0 aliphatic heterocycles. The maximum Gasteiger partial charge on any atom is 0.143 e. The fourth-order valence-electron chi connectivity index (χ4n) is 1.60. The molecular formula is C11H20O2. The molecule has 0 aromatic carbocycles.